The minimum atomic E-state index is -1.29. The van der Waals surface area contributed by atoms with Gasteiger partial charge in [-0.3, -0.25) is 4.98 Å². The first-order valence-corrected chi connectivity index (χ1v) is 10.4. The van der Waals surface area contributed by atoms with E-state index < -0.39 is 17.5 Å². The van der Waals surface area contributed by atoms with Crippen LogP contribution >= 0.6 is 11.6 Å². The number of anilines is 1. The highest BCUT2D eigenvalue weighted by Gasteiger charge is 2.16. The number of alkyl halides is 1. The van der Waals surface area contributed by atoms with Gasteiger partial charge in [-0.2, -0.15) is 0 Å². The first-order chi connectivity index (χ1) is 14.5. The molecule has 5 nitrogen and oxygen atoms in total. The van der Waals surface area contributed by atoms with Crippen LogP contribution in [0.1, 0.15) is 37.9 Å². The van der Waals surface area contributed by atoms with E-state index in [2.05, 4.69) is 20.6 Å². The summed E-state index contributed by atoms with van der Waals surface area (Å²) in [5, 5.41) is 6.33. The third-order valence-corrected chi connectivity index (χ3v) is 5.15. The van der Waals surface area contributed by atoms with Crippen molar-refractivity contribution in [1.29, 1.82) is 0 Å². The summed E-state index contributed by atoms with van der Waals surface area (Å²) in [5.41, 5.74) is 2.49. The zero-order valence-corrected chi connectivity index (χ0v) is 18.7. The Bertz CT molecular complexity index is 1130. The number of nitrogens with one attached hydrogen (secondary N) is 2. The number of aromatic nitrogens is 2. The second-order valence-electron chi connectivity index (χ2n) is 8.17. The molecule has 2 N–H and O–H groups in total. The molecule has 0 unspecified atom stereocenters. The number of halogens is 3. The number of rotatable bonds is 6. The van der Waals surface area contributed by atoms with Crippen molar-refractivity contribution in [3.63, 3.8) is 0 Å². The lowest BCUT2D eigenvalue weighted by atomic mass is 9.97. The molecule has 0 bridgehead atoms. The fraction of sp³-hybridized carbons (Fsp3) is 0.348. The molecule has 3 aromatic rings. The maximum Gasteiger partial charge on any atom is 0.319 e. The van der Waals surface area contributed by atoms with Gasteiger partial charge in [-0.25, -0.2) is 18.6 Å². The summed E-state index contributed by atoms with van der Waals surface area (Å²) in [6, 6.07) is 6.03. The van der Waals surface area contributed by atoms with Gasteiger partial charge in [-0.15, -0.1) is 0 Å². The summed E-state index contributed by atoms with van der Waals surface area (Å²) in [6.45, 7) is 6.93. The number of amides is 2. The fourth-order valence-electron chi connectivity index (χ4n) is 3.35. The van der Waals surface area contributed by atoms with Gasteiger partial charge >= 0.3 is 6.03 Å². The van der Waals surface area contributed by atoms with E-state index >= 15 is 0 Å². The molecule has 2 amide bonds. The molecular formula is C23H25ClF2N4O. The molecule has 8 heteroatoms. The molecule has 0 saturated carbocycles. The van der Waals surface area contributed by atoms with Crippen molar-refractivity contribution in [3.05, 3.63) is 52.7 Å². The van der Waals surface area contributed by atoms with Gasteiger partial charge in [0.25, 0.3) is 0 Å². The summed E-state index contributed by atoms with van der Waals surface area (Å²) in [5.74, 6) is -0.541. The van der Waals surface area contributed by atoms with Gasteiger partial charge in [0.15, 0.2) is 0 Å². The van der Waals surface area contributed by atoms with Crippen molar-refractivity contribution in [2.24, 2.45) is 0 Å². The Balaban J connectivity index is 1.83. The predicted octanol–water partition coefficient (Wildman–Crippen LogP) is 6.36. The normalized spacial score (nSPS) is 11.6. The number of hydrogen-bond acceptors (Lipinski definition) is 3. The average Bonchev–Trinajstić information content (AvgIpc) is 2.66. The molecule has 0 aliphatic rings. The molecule has 0 radical (unpaired) electrons. The minimum Gasteiger partial charge on any atom is -0.338 e. The van der Waals surface area contributed by atoms with Gasteiger partial charge < -0.3 is 10.6 Å². The monoisotopic (exact) mass is 446 g/mol. The number of carbonyl (C=O) groups is 1. The van der Waals surface area contributed by atoms with Crippen molar-refractivity contribution in [3.8, 4) is 11.1 Å². The first-order valence-electron chi connectivity index (χ1n) is 10.0. The standard InChI is InChI=1S/C23H25ClF2N4O/c1-13-8-18(25)20(30-22(31)27-7-5-6-23(3,4)26)10-16(13)17-9-15-12-28-21(24)11-19(15)29-14(17)2/h8-12H,5-7H2,1-4H3,(H2,27,30,31). The highest BCUT2D eigenvalue weighted by molar-refractivity contribution is 6.30. The van der Waals surface area contributed by atoms with E-state index in [1.165, 1.54) is 19.9 Å². The first kappa shape index (κ1) is 22.9. The predicted molar refractivity (Wildman–Crippen MR) is 121 cm³/mol. The third-order valence-electron chi connectivity index (χ3n) is 4.94. The van der Waals surface area contributed by atoms with E-state index in [0.29, 0.717) is 30.1 Å². The molecule has 0 aliphatic carbocycles. The number of aryl methyl sites for hydroxylation is 2. The summed E-state index contributed by atoms with van der Waals surface area (Å²) in [4.78, 5) is 20.9. The smallest absolute Gasteiger partial charge is 0.319 e. The van der Waals surface area contributed by atoms with Gasteiger partial charge in [0, 0.05) is 35.5 Å². The summed E-state index contributed by atoms with van der Waals surface area (Å²) in [6.07, 6.45) is 2.45. The second-order valence-corrected chi connectivity index (χ2v) is 8.56. The van der Waals surface area contributed by atoms with Crippen LogP contribution < -0.4 is 10.6 Å². The second kappa shape index (κ2) is 9.14. The van der Waals surface area contributed by atoms with Gasteiger partial charge in [0.05, 0.1) is 11.2 Å². The third kappa shape index (κ3) is 5.88. The summed E-state index contributed by atoms with van der Waals surface area (Å²) >= 11 is 5.95. The number of urea groups is 1. The molecule has 1 aromatic carbocycles. The molecule has 3 rings (SSSR count). The van der Waals surface area contributed by atoms with Crippen molar-refractivity contribution in [2.45, 2.75) is 46.2 Å². The van der Waals surface area contributed by atoms with Crippen LogP contribution in [0.3, 0.4) is 0 Å². The number of fused-ring (bicyclic) bond motifs is 1. The molecule has 164 valence electrons. The van der Waals surface area contributed by atoms with E-state index in [4.69, 9.17) is 11.6 Å². The minimum absolute atomic E-state index is 0.0534. The Labute approximate surface area is 185 Å². The summed E-state index contributed by atoms with van der Waals surface area (Å²) in [7, 11) is 0. The Morgan fingerprint density at radius 1 is 1.16 bits per heavy atom. The van der Waals surface area contributed by atoms with Crippen LogP contribution in [0.2, 0.25) is 5.15 Å². The number of nitrogens with zero attached hydrogens (tertiary/aromatic N) is 2. The van der Waals surface area contributed by atoms with E-state index in [1.54, 1.807) is 25.3 Å². The Kier molecular flexibility index (Phi) is 6.74. The zero-order valence-electron chi connectivity index (χ0n) is 17.9. The molecule has 31 heavy (non-hydrogen) atoms. The number of pyridine rings is 2. The largest absolute Gasteiger partial charge is 0.338 e. The molecule has 0 spiro atoms. The highest BCUT2D eigenvalue weighted by Crippen LogP contribution is 2.32. The van der Waals surface area contributed by atoms with Crippen LogP contribution in [0.4, 0.5) is 19.3 Å². The quantitative estimate of drug-likeness (QED) is 0.342. The maximum atomic E-state index is 14.5. The Morgan fingerprint density at radius 3 is 2.61 bits per heavy atom. The highest BCUT2D eigenvalue weighted by atomic mass is 35.5. The SMILES string of the molecule is Cc1cc(F)c(NC(=O)NCCCC(C)(C)F)cc1-c1cc2cnc(Cl)cc2nc1C. The zero-order chi connectivity index (χ0) is 22.8. The molecular weight excluding hydrogens is 422 g/mol. The van der Waals surface area contributed by atoms with E-state index in [9.17, 15) is 13.6 Å². The lowest BCUT2D eigenvalue weighted by Gasteiger charge is -2.15. The van der Waals surface area contributed by atoms with Crippen LogP contribution in [0.15, 0.2) is 30.5 Å². The average molecular weight is 447 g/mol. The van der Waals surface area contributed by atoms with Crippen LogP contribution in [0, 0.1) is 19.7 Å². The number of carbonyl (C=O) groups excluding carboxylic acids is 1. The maximum absolute atomic E-state index is 14.5. The molecule has 0 fully saturated rings. The van der Waals surface area contributed by atoms with Crippen LogP contribution in [-0.4, -0.2) is 28.2 Å². The molecule has 0 saturated heterocycles. The number of benzene rings is 1. The van der Waals surface area contributed by atoms with Gasteiger partial charge in [-0.05, 0) is 69.9 Å². The van der Waals surface area contributed by atoms with E-state index in [0.717, 1.165) is 27.7 Å². The molecule has 2 heterocycles. The van der Waals surface area contributed by atoms with Crippen molar-refractivity contribution in [1.82, 2.24) is 15.3 Å². The van der Waals surface area contributed by atoms with Crippen LogP contribution in [0.25, 0.3) is 22.0 Å². The topological polar surface area (TPSA) is 66.9 Å². The summed E-state index contributed by atoms with van der Waals surface area (Å²) < 4.78 is 28.0. The molecule has 2 aromatic heterocycles. The molecule has 0 aliphatic heterocycles. The van der Waals surface area contributed by atoms with Gasteiger partial charge in [-0.1, -0.05) is 11.6 Å². The van der Waals surface area contributed by atoms with Crippen LogP contribution in [-0.2, 0) is 0 Å². The Hall–Kier alpha value is -2.80. The lowest BCUT2D eigenvalue weighted by Crippen LogP contribution is -2.30. The molecule has 0 atom stereocenters. The lowest BCUT2D eigenvalue weighted by molar-refractivity contribution is 0.196. The van der Waals surface area contributed by atoms with E-state index in [1.807, 2.05) is 13.0 Å². The fourth-order valence-corrected chi connectivity index (χ4v) is 3.50. The van der Waals surface area contributed by atoms with Crippen molar-refractivity contribution < 1.29 is 13.6 Å². The van der Waals surface area contributed by atoms with Gasteiger partial charge in [0.1, 0.15) is 16.6 Å². The van der Waals surface area contributed by atoms with Crippen molar-refractivity contribution in [2.75, 3.05) is 11.9 Å². The number of hydrogen-bond donors (Lipinski definition) is 2. The van der Waals surface area contributed by atoms with Gasteiger partial charge in [0.2, 0.25) is 0 Å². The van der Waals surface area contributed by atoms with Crippen LogP contribution in [0.5, 0.6) is 0 Å². The van der Waals surface area contributed by atoms with E-state index in [-0.39, 0.29) is 5.69 Å². The Morgan fingerprint density at radius 2 is 1.90 bits per heavy atom. The van der Waals surface area contributed by atoms with Crippen molar-refractivity contribution >= 4 is 34.2 Å².